The first-order chi connectivity index (χ1) is 12.1. The molecule has 3 N–H and O–H groups in total. The molecular weight excluding hydrogens is 314 g/mol. The van der Waals surface area contributed by atoms with E-state index in [2.05, 4.69) is 22.4 Å². The van der Waals surface area contributed by atoms with Gasteiger partial charge in [0, 0.05) is 30.9 Å². The molecule has 1 aromatic carbocycles. The fourth-order valence-corrected chi connectivity index (χ4v) is 3.67. The lowest BCUT2D eigenvalue weighted by Crippen LogP contribution is -2.41. The van der Waals surface area contributed by atoms with Gasteiger partial charge >= 0.3 is 6.03 Å². The number of hydrogen-bond donors (Lipinski definition) is 3. The van der Waals surface area contributed by atoms with Gasteiger partial charge in [-0.2, -0.15) is 0 Å². The molecule has 25 heavy (non-hydrogen) atoms. The Morgan fingerprint density at radius 1 is 1.32 bits per heavy atom. The van der Waals surface area contributed by atoms with E-state index in [9.17, 15) is 9.90 Å². The Morgan fingerprint density at radius 3 is 2.80 bits per heavy atom. The van der Waals surface area contributed by atoms with Gasteiger partial charge in [-0.1, -0.05) is 30.3 Å². The summed E-state index contributed by atoms with van der Waals surface area (Å²) in [5, 5.41) is 12.9. The van der Waals surface area contributed by atoms with Gasteiger partial charge in [-0.05, 0) is 43.9 Å². The maximum atomic E-state index is 12.7. The summed E-state index contributed by atoms with van der Waals surface area (Å²) in [7, 11) is 0. The van der Waals surface area contributed by atoms with Gasteiger partial charge in [-0.15, -0.1) is 0 Å². The van der Waals surface area contributed by atoms with Crippen LogP contribution in [0, 0.1) is 0 Å². The third-order valence-electron chi connectivity index (χ3n) is 4.89. The van der Waals surface area contributed by atoms with Crippen LogP contribution in [0.1, 0.15) is 49.4 Å². The summed E-state index contributed by atoms with van der Waals surface area (Å²) in [6, 6.07) is 14.2. The molecule has 2 aromatic rings. The van der Waals surface area contributed by atoms with Gasteiger partial charge in [-0.25, -0.2) is 4.79 Å². The zero-order chi connectivity index (χ0) is 17.6. The van der Waals surface area contributed by atoms with Crippen LogP contribution in [0.2, 0.25) is 0 Å². The quantitative estimate of drug-likeness (QED) is 0.753. The molecule has 3 unspecified atom stereocenters. The Balaban J connectivity index is 1.63. The number of hydrogen-bond acceptors (Lipinski definition) is 2. The lowest BCUT2D eigenvalue weighted by Gasteiger charge is -2.26. The summed E-state index contributed by atoms with van der Waals surface area (Å²) >= 11 is 0. The SMILES string of the molecule is CC(O)CC(CNC(=O)N1CCCC1c1ccc[nH]1)c1ccccc1. The van der Waals surface area contributed by atoms with Crippen LogP contribution >= 0.6 is 0 Å². The molecule has 1 fully saturated rings. The summed E-state index contributed by atoms with van der Waals surface area (Å²) in [5.74, 6) is 0.108. The van der Waals surface area contributed by atoms with Crippen LogP contribution in [0.25, 0.3) is 0 Å². The molecule has 3 rings (SSSR count). The maximum absolute atomic E-state index is 12.7. The predicted octanol–water partition coefficient (Wildman–Crippen LogP) is 3.42. The summed E-state index contributed by atoms with van der Waals surface area (Å²) in [6.07, 6.45) is 4.14. The lowest BCUT2D eigenvalue weighted by molar-refractivity contribution is 0.169. The highest BCUT2D eigenvalue weighted by Crippen LogP contribution is 2.31. The second kappa shape index (κ2) is 8.21. The number of aromatic nitrogens is 1. The first-order valence-electron chi connectivity index (χ1n) is 9.06. The molecule has 0 aliphatic carbocycles. The third-order valence-corrected chi connectivity index (χ3v) is 4.89. The smallest absolute Gasteiger partial charge is 0.317 e. The van der Waals surface area contributed by atoms with E-state index in [1.165, 1.54) is 0 Å². The molecular formula is C20H27N3O2. The minimum Gasteiger partial charge on any atom is -0.393 e. The zero-order valence-corrected chi connectivity index (χ0v) is 14.7. The highest BCUT2D eigenvalue weighted by Gasteiger charge is 2.30. The molecule has 1 aromatic heterocycles. The Labute approximate surface area is 149 Å². The lowest BCUT2D eigenvalue weighted by atomic mass is 9.93. The number of amides is 2. The van der Waals surface area contributed by atoms with Crippen molar-refractivity contribution >= 4 is 6.03 Å². The average molecular weight is 341 g/mol. The summed E-state index contributed by atoms with van der Waals surface area (Å²) in [6.45, 7) is 3.10. The Bertz CT molecular complexity index is 655. The molecule has 3 atom stereocenters. The molecule has 134 valence electrons. The van der Waals surface area contributed by atoms with E-state index in [-0.39, 0.29) is 18.0 Å². The van der Waals surface area contributed by atoms with Gasteiger partial charge in [0.2, 0.25) is 0 Å². The molecule has 5 nitrogen and oxygen atoms in total. The van der Waals surface area contributed by atoms with E-state index in [1.807, 2.05) is 41.4 Å². The van der Waals surface area contributed by atoms with Crippen molar-refractivity contribution in [3.05, 3.63) is 59.9 Å². The Hall–Kier alpha value is -2.27. The van der Waals surface area contributed by atoms with Crippen molar-refractivity contribution in [1.29, 1.82) is 0 Å². The van der Waals surface area contributed by atoms with E-state index in [0.717, 1.165) is 30.6 Å². The maximum Gasteiger partial charge on any atom is 0.317 e. The van der Waals surface area contributed by atoms with Crippen molar-refractivity contribution in [1.82, 2.24) is 15.2 Å². The van der Waals surface area contributed by atoms with Crippen LogP contribution in [0.4, 0.5) is 4.79 Å². The van der Waals surface area contributed by atoms with E-state index < -0.39 is 6.10 Å². The molecule has 5 heteroatoms. The highest BCUT2D eigenvalue weighted by molar-refractivity contribution is 5.75. The number of urea groups is 1. The van der Waals surface area contributed by atoms with E-state index in [0.29, 0.717) is 13.0 Å². The average Bonchev–Trinajstić information content (AvgIpc) is 3.29. The van der Waals surface area contributed by atoms with Gasteiger partial charge in [0.25, 0.3) is 0 Å². The molecule has 0 bridgehead atoms. The number of carbonyl (C=O) groups is 1. The number of nitrogens with one attached hydrogen (secondary N) is 2. The molecule has 1 aliphatic rings. The van der Waals surface area contributed by atoms with Crippen molar-refractivity contribution < 1.29 is 9.90 Å². The van der Waals surface area contributed by atoms with Crippen molar-refractivity contribution in [2.24, 2.45) is 0 Å². The number of carbonyl (C=O) groups excluding carboxylic acids is 1. The summed E-state index contributed by atoms with van der Waals surface area (Å²) in [4.78, 5) is 17.8. The van der Waals surface area contributed by atoms with Crippen LogP contribution in [0.5, 0.6) is 0 Å². The van der Waals surface area contributed by atoms with Crippen molar-refractivity contribution in [3.63, 3.8) is 0 Å². The number of aromatic amines is 1. The minimum absolute atomic E-state index is 0.0244. The van der Waals surface area contributed by atoms with E-state index in [4.69, 9.17) is 0 Å². The summed E-state index contributed by atoms with van der Waals surface area (Å²) < 4.78 is 0. The van der Waals surface area contributed by atoms with Gasteiger partial charge in [-0.3, -0.25) is 0 Å². The molecule has 0 spiro atoms. The number of likely N-dealkylation sites (tertiary alicyclic amines) is 1. The van der Waals surface area contributed by atoms with Gasteiger partial charge in [0.15, 0.2) is 0 Å². The fraction of sp³-hybridized carbons (Fsp3) is 0.450. The first kappa shape index (κ1) is 17.5. The van der Waals surface area contributed by atoms with E-state index in [1.54, 1.807) is 6.92 Å². The van der Waals surface area contributed by atoms with E-state index >= 15 is 0 Å². The monoisotopic (exact) mass is 341 g/mol. The Morgan fingerprint density at radius 2 is 2.12 bits per heavy atom. The number of aliphatic hydroxyl groups is 1. The van der Waals surface area contributed by atoms with Crippen LogP contribution in [-0.2, 0) is 0 Å². The molecule has 0 saturated carbocycles. The first-order valence-corrected chi connectivity index (χ1v) is 9.06. The topological polar surface area (TPSA) is 68.4 Å². The number of benzene rings is 1. The minimum atomic E-state index is -0.402. The number of aliphatic hydroxyl groups excluding tert-OH is 1. The highest BCUT2D eigenvalue weighted by atomic mass is 16.3. The second-order valence-electron chi connectivity index (χ2n) is 6.86. The van der Waals surface area contributed by atoms with Gasteiger partial charge in [0.1, 0.15) is 0 Å². The van der Waals surface area contributed by atoms with Crippen molar-refractivity contribution in [2.45, 2.75) is 44.2 Å². The molecule has 2 heterocycles. The Kier molecular flexibility index (Phi) is 5.76. The van der Waals surface area contributed by atoms with Crippen LogP contribution < -0.4 is 5.32 Å². The normalized spacial score (nSPS) is 19.6. The predicted molar refractivity (Wildman–Crippen MR) is 98.4 cm³/mol. The fourth-order valence-electron chi connectivity index (χ4n) is 3.67. The van der Waals surface area contributed by atoms with Gasteiger partial charge < -0.3 is 20.3 Å². The summed E-state index contributed by atoms with van der Waals surface area (Å²) in [5.41, 5.74) is 2.24. The molecule has 2 amide bonds. The van der Waals surface area contributed by atoms with Crippen LogP contribution in [0.3, 0.4) is 0 Å². The number of rotatable bonds is 6. The molecule has 0 radical (unpaired) electrons. The largest absolute Gasteiger partial charge is 0.393 e. The standard InChI is InChI=1S/C20H27N3O2/c1-15(24)13-17(16-7-3-2-4-8-16)14-22-20(25)23-12-6-10-19(23)18-9-5-11-21-18/h2-5,7-9,11,15,17,19,21,24H,6,10,12-14H2,1H3,(H,22,25). The molecule has 1 saturated heterocycles. The number of H-pyrrole nitrogens is 1. The van der Waals surface area contributed by atoms with Gasteiger partial charge in [0.05, 0.1) is 12.1 Å². The van der Waals surface area contributed by atoms with Crippen LogP contribution in [-0.4, -0.2) is 40.2 Å². The third kappa shape index (κ3) is 4.42. The number of nitrogens with zero attached hydrogens (tertiary/aromatic N) is 1. The second-order valence-corrected chi connectivity index (χ2v) is 6.86. The van der Waals surface area contributed by atoms with Crippen molar-refractivity contribution in [2.75, 3.05) is 13.1 Å². The zero-order valence-electron chi connectivity index (χ0n) is 14.7. The van der Waals surface area contributed by atoms with Crippen molar-refractivity contribution in [3.8, 4) is 0 Å². The van der Waals surface area contributed by atoms with Crippen LogP contribution in [0.15, 0.2) is 48.7 Å². The molecule has 1 aliphatic heterocycles.